The summed E-state index contributed by atoms with van der Waals surface area (Å²) in [6.07, 6.45) is 4.50. The Kier molecular flexibility index (Phi) is 3.58. The summed E-state index contributed by atoms with van der Waals surface area (Å²) in [5, 5.41) is -0.191. The number of ether oxygens (including phenoxy) is 2. The van der Waals surface area contributed by atoms with E-state index in [1.807, 2.05) is 12.1 Å². The van der Waals surface area contributed by atoms with E-state index in [4.69, 9.17) is 9.47 Å². The molecule has 6 nitrogen and oxygen atoms in total. The molecule has 2 aliphatic heterocycles. The van der Waals surface area contributed by atoms with Crippen molar-refractivity contribution >= 4 is 10.0 Å². The molecule has 0 N–H and O–H groups in total. The van der Waals surface area contributed by atoms with Gasteiger partial charge in [0.1, 0.15) is 12.2 Å². The van der Waals surface area contributed by atoms with Crippen LogP contribution in [0.15, 0.2) is 24.4 Å². The molecule has 3 aliphatic rings. The van der Waals surface area contributed by atoms with E-state index in [-0.39, 0.29) is 23.5 Å². The van der Waals surface area contributed by atoms with E-state index in [0.29, 0.717) is 19.0 Å². The summed E-state index contributed by atoms with van der Waals surface area (Å²) < 4.78 is 38.7. The zero-order chi connectivity index (χ0) is 15.2. The molecule has 1 aromatic rings. The van der Waals surface area contributed by atoms with E-state index in [9.17, 15) is 8.42 Å². The lowest BCUT2D eigenvalue weighted by atomic mass is 10.0. The molecule has 1 aliphatic carbocycles. The Hall–Kier alpha value is -1.18. The van der Waals surface area contributed by atoms with Gasteiger partial charge >= 0.3 is 0 Å². The molecule has 1 saturated carbocycles. The zero-order valence-electron chi connectivity index (χ0n) is 12.3. The normalized spacial score (nSPS) is 32.6. The van der Waals surface area contributed by atoms with Gasteiger partial charge in [0, 0.05) is 18.9 Å². The van der Waals surface area contributed by atoms with Crippen LogP contribution in [-0.4, -0.2) is 54.4 Å². The predicted octanol–water partition coefficient (Wildman–Crippen LogP) is 1.18. The SMILES string of the molecule is O=S(=O)(C1CC1)N1C[C@H](Oc2ccccn2)[C@H]2OCCC[C@H]21. The summed E-state index contributed by atoms with van der Waals surface area (Å²) in [6, 6.07) is 5.38. The smallest absolute Gasteiger partial charge is 0.217 e. The molecule has 1 aromatic heterocycles. The number of aromatic nitrogens is 1. The second-order valence-corrected chi connectivity index (χ2v) is 8.35. The molecule has 7 heteroatoms. The Balaban J connectivity index is 1.57. The molecule has 0 amide bonds. The van der Waals surface area contributed by atoms with E-state index in [1.54, 1.807) is 16.6 Å². The first-order chi connectivity index (χ1) is 10.7. The highest BCUT2D eigenvalue weighted by atomic mass is 32.2. The van der Waals surface area contributed by atoms with Crippen LogP contribution in [0.1, 0.15) is 25.7 Å². The van der Waals surface area contributed by atoms with Gasteiger partial charge in [-0.3, -0.25) is 0 Å². The third-order valence-electron chi connectivity index (χ3n) is 4.61. The predicted molar refractivity (Wildman–Crippen MR) is 80.1 cm³/mol. The molecular formula is C15H20N2O4S. The maximum atomic E-state index is 12.6. The standard InChI is InChI=1S/C15H20N2O4S/c18-22(19,11-6-7-11)17-10-13(15-12(17)4-3-9-20-15)21-14-5-1-2-8-16-14/h1-2,5,8,11-13,15H,3-4,6-7,9-10H2/t12-,13+,15+/m1/s1. The molecule has 0 bridgehead atoms. The maximum absolute atomic E-state index is 12.6. The highest BCUT2D eigenvalue weighted by Crippen LogP contribution is 2.39. The first-order valence-corrected chi connectivity index (χ1v) is 9.36. The molecule has 0 spiro atoms. The molecule has 0 unspecified atom stereocenters. The summed E-state index contributed by atoms with van der Waals surface area (Å²) >= 11 is 0. The van der Waals surface area contributed by atoms with Crippen LogP contribution in [-0.2, 0) is 14.8 Å². The van der Waals surface area contributed by atoms with Gasteiger partial charge in [0.05, 0.1) is 17.8 Å². The summed E-state index contributed by atoms with van der Waals surface area (Å²) in [5.41, 5.74) is 0. The van der Waals surface area contributed by atoms with Crippen molar-refractivity contribution in [2.24, 2.45) is 0 Å². The van der Waals surface area contributed by atoms with E-state index < -0.39 is 10.0 Å². The fourth-order valence-electron chi connectivity index (χ4n) is 3.39. The molecule has 4 rings (SSSR count). The summed E-state index contributed by atoms with van der Waals surface area (Å²) in [7, 11) is -3.21. The Labute approximate surface area is 130 Å². The van der Waals surface area contributed by atoms with Gasteiger partial charge in [-0.25, -0.2) is 13.4 Å². The van der Waals surface area contributed by atoms with Crippen LogP contribution in [0.5, 0.6) is 5.88 Å². The average Bonchev–Trinajstić information content (AvgIpc) is 3.33. The van der Waals surface area contributed by atoms with Gasteiger partial charge in [-0.15, -0.1) is 0 Å². The Morgan fingerprint density at radius 1 is 1.27 bits per heavy atom. The van der Waals surface area contributed by atoms with Gasteiger partial charge < -0.3 is 9.47 Å². The topological polar surface area (TPSA) is 68.7 Å². The van der Waals surface area contributed by atoms with Crippen molar-refractivity contribution in [1.82, 2.24) is 9.29 Å². The average molecular weight is 324 g/mol. The minimum Gasteiger partial charge on any atom is -0.470 e. The fraction of sp³-hybridized carbons (Fsp3) is 0.667. The largest absolute Gasteiger partial charge is 0.470 e. The van der Waals surface area contributed by atoms with Crippen LogP contribution in [0.2, 0.25) is 0 Å². The zero-order valence-corrected chi connectivity index (χ0v) is 13.1. The molecule has 3 heterocycles. The number of rotatable bonds is 4. The van der Waals surface area contributed by atoms with Crippen LogP contribution < -0.4 is 4.74 Å². The van der Waals surface area contributed by atoms with Crippen LogP contribution >= 0.6 is 0 Å². The first-order valence-electron chi connectivity index (χ1n) is 7.86. The highest BCUT2D eigenvalue weighted by molar-refractivity contribution is 7.90. The molecule has 0 aromatic carbocycles. The Morgan fingerprint density at radius 3 is 2.86 bits per heavy atom. The third kappa shape index (κ3) is 2.51. The third-order valence-corrected chi connectivity index (χ3v) is 7.00. The maximum Gasteiger partial charge on any atom is 0.217 e. The molecule has 3 atom stereocenters. The number of fused-ring (bicyclic) bond motifs is 1. The number of hydrogen-bond donors (Lipinski definition) is 0. The van der Waals surface area contributed by atoms with Crippen molar-refractivity contribution in [3.63, 3.8) is 0 Å². The lowest BCUT2D eigenvalue weighted by Crippen LogP contribution is -2.45. The van der Waals surface area contributed by atoms with Gasteiger partial charge in [-0.2, -0.15) is 4.31 Å². The minimum atomic E-state index is -3.21. The highest BCUT2D eigenvalue weighted by Gasteiger charge is 2.53. The van der Waals surface area contributed by atoms with Crippen molar-refractivity contribution in [3.8, 4) is 5.88 Å². The van der Waals surface area contributed by atoms with Crippen molar-refractivity contribution in [2.45, 2.75) is 49.2 Å². The molecule has 3 fully saturated rings. The van der Waals surface area contributed by atoms with Crippen LogP contribution in [0.3, 0.4) is 0 Å². The molecular weight excluding hydrogens is 304 g/mol. The van der Waals surface area contributed by atoms with Gasteiger partial charge in [-0.05, 0) is 31.7 Å². The summed E-state index contributed by atoms with van der Waals surface area (Å²) in [5.74, 6) is 0.520. The summed E-state index contributed by atoms with van der Waals surface area (Å²) in [6.45, 7) is 1.03. The second-order valence-electron chi connectivity index (χ2n) is 6.18. The molecule has 120 valence electrons. The van der Waals surface area contributed by atoms with Crippen molar-refractivity contribution in [3.05, 3.63) is 24.4 Å². The quantitative estimate of drug-likeness (QED) is 0.832. The van der Waals surface area contributed by atoms with E-state index in [1.165, 1.54) is 0 Å². The van der Waals surface area contributed by atoms with E-state index in [2.05, 4.69) is 4.98 Å². The van der Waals surface area contributed by atoms with Gasteiger partial charge in [0.2, 0.25) is 15.9 Å². The monoisotopic (exact) mass is 324 g/mol. The Morgan fingerprint density at radius 2 is 2.14 bits per heavy atom. The molecule has 0 radical (unpaired) electrons. The second kappa shape index (κ2) is 5.47. The van der Waals surface area contributed by atoms with Gasteiger partial charge in [0.25, 0.3) is 0 Å². The summed E-state index contributed by atoms with van der Waals surface area (Å²) in [4.78, 5) is 4.17. The lowest BCUT2D eigenvalue weighted by molar-refractivity contribution is -0.0426. The Bertz CT molecular complexity index is 632. The van der Waals surface area contributed by atoms with Crippen molar-refractivity contribution in [2.75, 3.05) is 13.2 Å². The van der Waals surface area contributed by atoms with Crippen LogP contribution in [0, 0.1) is 0 Å². The molecule has 2 saturated heterocycles. The number of pyridine rings is 1. The van der Waals surface area contributed by atoms with Crippen LogP contribution in [0.4, 0.5) is 0 Å². The lowest BCUT2D eigenvalue weighted by Gasteiger charge is -2.31. The number of nitrogens with zero attached hydrogens (tertiary/aromatic N) is 2. The van der Waals surface area contributed by atoms with E-state index >= 15 is 0 Å². The van der Waals surface area contributed by atoms with Crippen molar-refractivity contribution < 1.29 is 17.9 Å². The van der Waals surface area contributed by atoms with Gasteiger partial charge in [-0.1, -0.05) is 6.07 Å². The number of sulfonamides is 1. The fourth-order valence-corrected chi connectivity index (χ4v) is 5.47. The molecule has 22 heavy (non-hydrogen) atoms. The van der Waals surface area contributed by atoms with E-state index in [0.717, 1.165) is 25.7 Å². The van der Waals surface area contributed by atoms with Crippen LogP contribution in [0.25, 0.3) is 0 Å². The number of hydrogen-bond acceptors (Lipinski definition) is 5. The first kappa shape index (κ1) is 14.4. The minimum absolute atomic E-state index is 0.0898. The van der Waals surface area contributed by atoms with Crippen molar-refractivity contribution in [1.29, 1.82) is 0 Å². The van der Waals surface area contributed by atoms with Gasteiger partial charge in [0.15, 0.2) is 0 Å².